The summed E-state index contributed by atoms with van der Waals surface area (Å²) in [6.07, 6.45) is 7.27. The summed E-state index contributed by atoms with van der Waals surface area (Å²) in [6, 6.07) is 10.6. The van der Waals surface area contributed by atoms with Gasteiger partial charge in [-0.25, -0.2) is 0 Å². The highest BCUT2D eigenvalue weighted by molar-refractivity contribution is 6.33. The number of rotatable bonds is 3. The van der Waals surface area contributed by atoms with Crippen molar-refractivity contribution in [3.05, 3.63) is 70.9 Å². The van der Waals surface area contributed by atoms with E-state index in [1.807, 2.05) is 29.4 Å². The molecular weight excluding hydrogens is 410 g/mol. The van der Waals surface area contributed by atoms with Crippen LogP contribution in [0.2, 0.25) is 5.02 Å². The van der Waals surface area contributed by atoms with Gasteiger partial charge in [-0.1, -0.05) is 23.2 Å². The van der Waals surface area contributed by atoms with Gasteiger partial charge >= 0.3 is 0 Å². The van der Waals surface area contributed by atoms with Gasteiger partial charge in [-0.15, -0.1) is 0 Å². The third-order valence-electron chi connectivity index (χ3n) is 6.06. The van der Waals surface area contributed by atoms with E-state index < -0.39 is 0 Å². The molecule has 1 aromatic carbocycles. The lowest BCUT2D eigenvalue weighted by atomic mass is 9.89. The average molecular weight is 434 g/mol. The topological polar surface area (TPSA) is 66.8 Å². The molecule has 1 unspecified atom stereocenters. The number of pyridine rings is 1. The number of H-pyrrole nitrogens is 1. The van der Waals surface area contributed by atoms with E-state index in [0.29, 0.717) is 23.8 Å². The zero-order chi connectivity index (χ0) is 21.5. The van der Waals surface area contributed by atoms with Crippen LogP contribution >= 0.6 is 11.6 Å². The number of nitrogens with one attached hydrogen (secondary N) is 1. The number of hydrogen-bond donors (Lipinski definition) is 1. The minimum absolute atomic E-state index is 0.104. The first-order valence-electron chi connectivity index (χ1n) is 10.5. The summed E-state index contributed by atoms with van der Waals surface area (Å²) >= 11 is 6.24. The van der Waals surface area contributed by atoms with Crippen LogP contribution < -0.4 is 0 Å². The number of nitrogens with zero attached hydrogens (tertiary/aromatic N) is 4. The van der Waals surface area contributed by atoms with Crippen molar-refractivity contribution in [1.82, 2.24) is 24.6 Å². The van der Waals surface area contributed by atoms with Crippen LogP contribution in [0.3, 0.4) is 0 Å². The highest BCUT2D eigenvalue weighted by atomic mass is 35.5. The molecule has 5 rings (SSSR count). The lowest BCUT2D eigenvalue weighted by Crippen LogP contribution is -2.39. The predicted octanol–water partition coefficient (Wildman–Crippen LogP) is 4.95. The molecule has 1 aliphatic heterocycles. The van der Waals surface area contributed by atoms with Crippen LogP contribution in [0.25, 0.3) is 22.0 Å². The van der Waals surface area contributed by atoms with Crippen molar-refractivity contribution in [2.75, 3.05) is 13.1 Å². The maximum Gasteiger partial charge on any atom is 0.275 e. The second-order valence-electron chi connectivity index (χ2n) is 8.29. The molecule has 4 heterocycles. The molecule has 1 fully saturated rings. The van der Waals surface area contributed by atoms with E-state index in [2.05, 4.69) is 40.2 Å². The highest BCUT2D eigenvalue weighted by Crippen LogP contribution is 2.39. The molecule has 0 bridgehead atoms. The number of fused-ring (bicyclic) bond motifs is 1. The van der Waals surface area contributed by atoms with Gasteiger partial charge in [-0.3, -0.25) is 14.5 Å². The Morgan fingerprint density at radius 2 is 2.03 bits per heavy atom. The fraction of sp³-hybridized carbons (Fsp3) is 0.292. The molecule has 4 aromatic rings. The van der Waals surface area contributed by atoms with E-state index >= 15 is 0 Å². The van der Waals surface area contributed by atoms with Crippen molar-refractivity contribution in [2.45, 2.75) is 25.7 Å². The minimum atomic E-state index is -0.104. The number of aromatic amines is 1. The molecule has 1 aliphatic rings. The summed E-state index contributed by atoms with van der Waals surface area (Å²) in [4.78, 5) is 22.9. The van der Waals surface area contributed by atoms with Crippen LogP contribution in [-0.2, 0) is 7.05 Å². The number of aromatic nitrogens is 4. The molecule has 7 heteroatoms. The molecule has 0 saturated carbocycles. The Labute approximate surface area is 185 Å². The number of hydrogen-bond acceptors (Lipinski definition) is 3. The third-order valence-corrected chi connectivity index (χ3v) is 6.33. The van der Waals surface area contributed by atoms with Gasteiger partial charge in [0.1, 0.15) is 0 Å². The van der Waals surface area contributed by atoms with Gasteiger partial charge in [0.2, 0.25) is 0 Å². The number of likely N-dealkylation sites (tertiary alicyclic amines) is 1. The van der Waals surface area contributed by atoms with Gasteiger partial charge in [-0.05, 0) is 49.6 Å². The summed E-state index contributed by atoms with van der Waals surface area (Å²) < 4.78 is 1.58. The van der Waals surface area contributed by atoms with Crippen molar-refractivity contribution in [3.63, 3.8) is 0 Å². The van der Waals surface area contributed by atoms with Crippen molar-refractivity contribution in [3.8, 4) is 11.1 Å². The van der Waals surface area contributed by atoms with Gasteiger partial charge in [0.25, 0.3) is 5.91 Å². The normalized spacial score (nSPS) is 16.7. The van der Waals surface area contributed by atoms with E-state index in [0.717, 1.165) is 23.9 Å². The molecule has 0 spiro atoms. The van der Waals surface area contributed by atoms with Gasteiger partial charge in [-0.2, -0.15) is 5.10 Å². The molecule has 1 N–H and O–H groups in total. The summed E-state index contributed by atoms with van der Waals surface area (Å²) in [5.74, 6) is 0.101. The molecule has 3 aromatic heterocycles. The lowest BCUT2D eigenvalue weighted by molar-refractivity contribution is 0.0699. The Balaban J connectivity index is 1.54. The van der Waals surface area contributed by atoms with E-state index in [-0.39, 0.29) is 11.8 Å². The molecule has 0 radical (unpaired) electrons. The largest absolute Gasteiger partial charge is 0.358 e. The number of amides is 1. The van der Waals surface area contributed by atoms with Crippen molar-refractivity contribution < 1.29 is 4.79 Å². The first-order chi connectivity index (χ1) is 15.0. The summed E-state index contributed by atoms with van der Waals surface area (Å²) in [6.45, 7) is 3.46. The average Bonchev–Trinajstić information content (AvgIpc) is 3.32. The molecule has 6 nitrogen and oxygen atoms in total. The second kappa shape index (κ2) is 7.85. The number of halogens is 1. The number of piperidine rings is 1. The maximum atomic E-state index is 13.1. The Hall–Kier alpha value is -3.12. The zero-order valence-corrected chi connectivity index (χ0v) is 18.4. The molecule has 1 atom stereocenters. The third kappa shape index (κ3) is 3.61. The maximum absolute atomic E-state index is 13.1. The standard InChI is InChI=1S/C24H24ClN5O/c1-15-5-6-20-18(12-15)21(16-7-9-26-10-8-16)22(27-20)17-4-3-11-30(13-17)24(31)23-19(25)14-29(2)28-23/h5-10,12,14,17,27H,3-4,11,13H2,1-2H3. The second-order valence-corrected chi connectivity index (χ2v) is 8.70. The minimum Gasteiger partial charge on any atom is -0.358 e. The first-order valence-corrected chi connectivity index (χ1v) is 10.9. The Bertz CT molecular complexity index is 1260. The number of carbonyl (C=O) groups is 1. The Kier molecular flexibility index (Phi) is 5.02. The van der Waals surface area contributed by atoms with E-state index in [4.69, 9.17) is 11.6 Å². The van der Waals surface area contributed by atoms with Gasteiger partial charge in [0.05, 0.1) is 5.02 Å². The fourth-order valence-corrected chi connectivity index (χ4v) is 4.87. The van der Waals surface area contributed by atoms with Gasteiger partial charge < -0.3 is 9.88 Å². The summed E-state index contributed by atoms with van der Waals surface area (Å²) in [5, 5.41) is 5.87. The van der Waals surface area contributed by atoms with Crippen LogP contribution in [0, 0.1) is 6.92 Å². The summed E-state index contributed by atoms with van der Waals surface area (Å²) in [7, 11) is 1.77. The van der Waals surface area contributed by atoms with Crippen molar-refractivity contribution in [1.29, 1.82) is 0 Å². The Morgan fingerprint density at radius 1 is 1.23 bits per heavy atom. The number of aryl methyl sites for hydroxylation is 2. The zero-order valence-electron chi connectivity index (χ0n) is 17.6. The van der Waals surface area contributed by atoms with Crippen LogP contribution in [0.15, 0.2) is 48.9 Å². The fourth-order valence-electron chi connectivity index (χ4n) is 4.61. The van der Waals surface area contributed by atoms with Crippen molar-refractivity contribution >= 4 is 28.4 Å². The highest BCUT2D eigenvalue weighted by Gasteiger charge is 2.31. The van der Waals surface area contributed by atoms with E-state index in [1.54, 1.807) is 17.9 Å². The van der Waals surface area contributed by atoms with Crippen molar-refractivity contribution in [2.24, 2.45) is 7.05 Å². The predicted molar refractivity (Wildman–Crippen MR) is 122 cm³/mol. The van der Waals surface area contributed by atoms with Crippen LogP contribution in [-0.4, -0.2) is 43.6 Å². The first kappa shape index (κ1) is 19.8. The molecule has 1 saturated heterocycles. The van der Waals surface area contributed by atoms with Crippen LogP contribution in [0.4, 0.5) is 0 Å². The van der Waals surface area contributed by atoms with Crippen LogP contribution in [0.1, 0.15) is 40.5 Å². The molecule has 0 aliphatic carbocycles. The SMILES string of the molecule is Cc1ccc2[nH]c(C3CCCN(C(=O)c4nn(C)cc4Cl)C3)c(-c3ccncc3)c2c1. The molecule has 1 amide bonds. The lowest BCUT2D eigenvalue weighted by Gasteiger charge is -2.32. The number of benzene rings is 1. The number of carbonyl (C=O) groups excluding carboxylic acids is 1. The summed E-state index contributed by atoms with van der Waals surface area (Å²) in [5.41, 5.74) is 6.18. The molecular formula is C24H24ClN5O. The van der Waals surface area contributed by atoms with Gasteiger partial charge in [0, 0.05) is 66.8 Å². The van der Waals surface area contributed by atoms with E-state index in [9.17, 15) is 4.79 Å². The Morgan fingerprint density at radius 3 is 2.77 bits per heavy atom. The van der Waals surface area contributed by atoms with Crippen LogP contribution in [0.5, 0.6) is 0 Å². The molecule has 158 valence electrons. The van der Waals surface area contributed by atoms with E-state index in [1.165, 1.54) is 22.2 Å². The van der Waals surface area contributed by atoms with Gasteiger partial charge in [0.15, 0.2) is 5.69 Å². The molecule has 31 heavy (non-hydrogen) atoms. The monoisotopic (exact) mass is 433 g/mol. The quantitative estimate of drug-likeness (QED) is 0.497. The smallest absolute Gasteiger partial charge is 0.275 e.